The maximum atomic E-state index is 12.8. The van der Waals surface area contributed by atoms with Gasteiger partial charge in [-0.05, 0) is 104 Å². The molecule has 4 aromatic heterocycles. The predicted octanol–water partition coefficient (Wildman–Crippen LogP) is 6.21. The van der Waals surface area contributed by atoms with Gasteiger partial charge < -0.3 is 54.3 Å². The quantitative estimate of drug-likeness (QED) is 0.0396. The van der Waals surface area contributed by atoms with Crippen LogP contribution in [0.5, 0.6) is 11.5 Å². The second kappa shape index (κ2) is 30.4. The highest BCUT2D eigenvalue weighted by Crippen LogP contribution is 2.26. The van der Waals surface area contributed by atoms with Gasteiger partial charge in [0.1, 0.15) is 60.4 Å². The Hall–Kier alpha value is -7.37. The number of Topliss-reactive ketones (excluding diaryl/α,β-unsaturated/α-hetero) is 2. The molecular weight excluding hydrogens is 1060 g/mol. The molecule has 0 saturated carbocycles. The minimum atomic E-state index is -0.679. The van der Waals surface area contributed by atoms with E-state index in [-0.39, 0.29) is 54.2 Å². The molecule has 8 heterocycles. The number of ether oxygens (including phenoxy) is 2. The number of hydrogen-bond donors (Lipinski definition) is 5. The number of nitrogens with one attached hydrogen (secondary N) is 3. The third-order valence-electron chi connectivity index (χ3n) is 14.6. The average Bonchev–Trinajstić information content (AvgIpc) is 4.24. The molecule has 2 atom stereocenters. The first-order chi connectivity index (χ1) is 39.3. The SMILES string of the molecule is CC(=O)N1CCC(Nc2cc(C(=O)CC[C@H](O)CCl)ncn2)CC1.CC(=O)N1CCC(Nc2cc(C(=O)CC[C@H](O)CN3CCc4cc(OCc5cnco5)ccc4C3)ncn2)CC1.c1ncc(COc2ccc3c(c2)CCNC3)o1. The normalized spacial score (nSPS) is 16.3. The van der Waals surface area contributed by atoms with Gasteiger partial charge in [-0.2, -0.15) is 0 Å². The minimum absolute atomic E-state index is 0.0977. The molecule has 6 aromatic rings. The summed E-state index contributed by atoms with van der Waals surface area (Å²) in [6, 6.07) is 16.1. The van der Waals surface area contributed by atoms with Crippen molar-refractivity contribution in [2.24, 2.45) is 0 Å². The Bertz CT molecular complexity index is 2950. The van der Waals surface area contributed by atoms with Crippen LogP contribution >= 0.6 is 11.6 Å². The molecule has 5 N–H and O–H groups in total. The molecule has 81 heavy (non-hydrogen) atoms. The number of oxazole rings is 2. The fraction of sp³-hybridized carbons (Fsp3) is 0.483. The van der Waals surface area contributed by atoms with E-state index in [1.165, 1.54) is 47.7 Å². The van der Waals surface area contributed by atoms with E-state index in [4.69, 9.17) is 29.9 Å². The molecule has 0 spiro atoms. The number of piperidine rings is 2. The van der Waals surface area contributed by atoms with Crippen molar-refractivity contribution in [3.63, 3.8) is 0 Å². The van der Waals surface area contributed by atoms with E-state index in [1.54, 1.807) is 38.4 Å². The van der Waals surface area contributed by atoms with Gasteiger partial charge in [-0.25, -0.2) is 29.9 Å². The van der Waals surface area contributed by atoms with Crippen molar-refractivity contribution in [3.05, 3.63) is 132 Å². The predicted molar refractivity (Wildman–Crippen MR) is 301 cm³/mol. The number of alkyl halides is 1. The topological polar surface area (TPSA) is 277 Å². The smallest absolute Gasteiger partial charge is 0.219 e. The summed E-state index contributed by atoms with van der Waals surface area (Å²) in [5, 5.41) is 30.1. The number of β-amino-alcohol motifs (C(OH)–C–C–N with tert-alkyl or cyclic N) is 1. The summed E-state index contributed by atoms with van der Waals surface area (Å²) in [7, 11) is 0. The lowest BCUT2D eigenvalue weighted by Crippen LogP contribution is -2.41. The van der Waals surface area contributed by atoms with Crippen LogP contribution in [0, 0.1) is 0 Å². The molecule has 0 aliphatic carbocycles. The zero-order valence-electron chi connectivity index (χ0n) is 46.0. The number of aromatic nitrogens is 6. The van der Waals surface area contributed by atoms with Crippen molar-refractivity contribution >= 4 is 46.6 Å². The highest BCUT2D eigenvalue weighted by atomic mass is 35.5. The Morgan fingerprint density at radius 3 is 1.67 bits per heavy atom. The van der Waals surface area contributed by atoms with Crippen LogP contribution in [0.3, 0.4) is 0 Å². The number of ketones is 2. The van der Waals surface area contributed by atoms with Gasteiger partial charge in [0.15, 0.2) is 35.9 Å². The van der Waals surface area contributed by atoms with E-state index in [0.717, 1.165) is 95.1 Å². The van der Waals surface area contributed by atoms with E-state index in [2.05, 4.69) is 75.0 Å². The van der Waals surface area contributed by atoms with Crippen molar-refractivity contribution in [2.75, 3.05) is 62.3 Å². The van der Waals surface area contributed by atoms with E-state index in [9.17, 15) is 29.4 Å². The molecule has 0 bridgehead atoms. The number of rotatable bonds is 21. The van der Waals surface area contributed by atoms with E-state index in [1.807, 2.05) is 21.9 Å². The number of likely N-dealkylation sites (tertiary alicyclic amines) is 2. The molecule has 4 aliphatic heterocycles. The van der Waals surface area contributed by atoms with Crippen LogP contribution < -0.4 is 25.4 Å². The standard InChI is InChI=1S/C29H36N6O5.C16H23ClN4O3.C13H14N2O2/c1-20(36)35-10-7-23(8-11-35)33-29-13-27(31-18-32-29)28(38)5-3-24(37)16-34-9-6-21-12-25(4-2-22(21)15-34)39-17-26-14-30-19-40-26;1-11(22)21-6-4-12(5-7-21)20-16-8-14(18-10-19-16)15(24)3-2-13(23)9-17;1-2-12(16-8-13-7-15-9-17-13)5-10-3-4-14-6-11(1)10/h2,4,12-14,18-19,23-24,37H,3,5-11,15-17H2,1H3,(H,31,32,33);8,10,12-13,23H,2-7,9H2,1H3,(H,18,19,20);1-2,5,7,9,14H,3-4,6,8H2/t24-;13-;/m00./s1. The Morgan fingerprint density at radius 2 is 1.17 bits per heavy atom. The zero-order valence-corrected chi connectivity index (χ0v) is 46.8. The summed E-state index contributed by atoms with van der Waals surface area (Å²) in [5.74, 6) is 4.37. The highest BCUT2D eigenvalue weighted by Gasteiger charge is 2.25. The molecule has 4 aliphatic rings. The van der Waals surface area contributed by atoms with Crippen molar-refractivity contribution < 1.29 is 47.7 Å². The summed E-state index contributed by atoms with van der Waals surface area (Å²) in [6.45, 7) is 10.9. The minimum Gasteiger partial charge on any atom is -0.486 e. The molecule has 2 amide bonds. The van der Waals surface area contributed by atoms with Gasteiger partial charge >= 0.3 is 0 Å². The van der Waals surface area contributed by atoms with Crippen LogP contribution in [0.1, 0.15) is 120 Å². The highest BCUT2D eigenvalue weighted by molar-refractivity contribution is 6.18. The number of anilines is 2. The van der Waals surface area contributed by atoms with Gasteiger partial charge in [0.25, 0.3) is 0 Å². The first kappa shape index (κ1) is 59.7. The summed E-state index contributed by atoms with van der Waals surface area (Å²) >= 11 is 5.52. The third kappa shape index (κ3) is 18.9. The fourth-order valence-electron chi connectivity index (χ4n) is 9.90. The molecular formula is C58H73ClN12O10. The Labute approximate surface area is 476 Å². The summed E-state index contributed by atoms with van der Waals surface area (Å²) < 4.78 is 21.8. The molecule has 2 saturated heterocycles. The molecule has 2 aromatic carbocycles. The van der Waals surface area contributed by atoms with Crippen molar-refractivity contribution in [1.82, 2.24) is 49.9 Å². The maximum Gasteiger partial charge on any atom is 0.219 e. The number of carbonyl (C=O) groups is 4. The largest absolute Gasteiger partial charge is 0.486 e. The van der Waals surface area contributed by atoms with Crippen molar-refractivity contribution in [3.8, 4) is 11.5 Å². The van der Waals surface area contributed by atoms with Crippen LogP contribution in [0.2, 0.25) is 0 Å². The lowest BCUT2D eigenvalue weighted by molar-refractivity contribution is -0.130. The van der Waals surface area contributed by atoms with Crippen LogP contribution in [-0.2, 0) is 48.7 Å². The van der Waals surface area contributed by atoms with E-state index >= 15 is 0 Å². The van der Waals surface area contributed by atoms with Crippen LogP contribution in [-0.4, -0.2) is 154 Å². The number of halogens is 1. The maximum absolute atomic E-state index is 12.8. The summed E-state index contributed by atoms with van der Waals surface area (Å²) in [4.78, 5) is 78.0. The Balaban J connectivity index is 0.000000177. The summed E-state index contributed by atoms with van der Waals surface area (Å²) in [5.41, 5.74) is 5.87. The lowest BCUT2D eigenvalue weighted by Gasteiger charge is -2.31. The number of amides is 2. The van der Waals surface area contributed by atoms with Crippen LogP contribution in [0.25, 0.3) is 0 Å². The molecule has 10 rings (SSSR count). The number of nitrogens with zero attached hydrogens (tertiary/aromatic N) is 9. The van der Waals surface area contributed by atoms with Gasteiger partial charge in [-0.15, -0.1) is 11.6 Å². The Kier molecular flexibility index (Phi) is 22.5. The zero-order chi connectivity index (χ0) is 56.9. The second-order valence-corrected chi connectivity index (χ2v) is 20.9. The number of fused-ring (bicyclic) bond motifs is 2. The van der Waals surface area contributed by atoms with Gasteiger partial charge in [0, 0.05) is 109 Å². The molecule has 23 heteroatoms. The summed E-state index contributed by atoms with van der Waals surface area (Å²) in [6.07, 6.45) is 13.9. The van der Waals surface area contributed by atoms with Crippen LogP contribution in [0.15, 0.2) is 95.2 Å². The fourth-order valence-corrected chi connectivity index (χ4v) is 10.1. The van der Waals surface area contributed by atoms with Crippen molar-refractivity contribution in [1.29, 1.82) is 0 Å². The van der Waals surface area contributed by atoms with E-state index < -0.39 is 12.2 Å². The second-order valence-electron chi connectivity index (χ2n) is 20.6. The van der Waals surface area contributed by atoms with Gasteiger partial charge in [0.05, 0.1) is 24.6 Å². The van der Waals surface area contributed by atoms with Crippen LogP contribution in [0.4, 0.5) is 11.6 Å². The third-order valence-corrected chi connectivity index (χ3v) is 15.0. The van der Waals surface area contributed by atoms with Gasteiger partial charge in [-0.3, -0.25) is 24.1 Å². The number of carbonyl (C=O) groups excluding carboxylic acids is 4. The van der Waals surface area contributed by atoms with Crippen molar-refractivity contribution in [2.45, 2.75) is 129 Å². The monoisotopic (exact) mass is 1130 g/mol. The number of aliphatic hydroxyl groups excluding tert-OH is 2. The van der Waals surface area contributed by atoms with Gasteiger partial charge in [-0.1, -0.05) is 12.1 Å². The van der Waals surface area contributed by atoms with Gasteiger partial charge in [0.2, 0.25) is 11.8 Å². The number of benzene rings is 2. The first-order valence-electron chi connectivity index (χ1n) is 27.7. The number of aliphatic hydroxyl groups is 2. The first-order valence-corrected chi connectivity index (χ1v) is 28.2. The molecule has 2 fully saturated rings. The number of hydrogen-bond acceptors (Lipinski definition) is 20. The lowest BCUT2D eigenvalue weighted by atomic mass is 9.98. The molecule has 432 valence electrons. The average molecular weight is 1130 g/mol. The molecule has 0 unspecified atom stereocenters. The Morgan fingerprint density at radius 1 is 0.667 bits per heavy atom. The van der Waals surface area contributed by atoms with E-state index in [0.29, 0.717) is 74.5 Å². The molecule has 22 nitrogen and oxygen atoms in total. The molecule has 0 radical (unpaired) electrons.